The highest BCUT2D eigenvalue weighted by Crippen LogP contribution is 2.39. The fourth-order valence-electron chi connectivity index (χ4n) is 4.75. The average Bonchev–Trinajstić information content (AvgIpc) is 3.35. The van der Waals surface area contributed by atoms with Crippen LogP contribution in [0.2, 0.25) is 0 Å². The monoisotopic (exact) mass is 434 g/mol. The molecule has 0 unspecified atom stereocenters. The Hall–Kier alpha value is -3.46. The first-order chi connectivity index (χ1) is 15.3. The maximum atomic E-state index is 13.1. The average molecular weight is 435 g/mol. The number of hydrogen-bond acceptors (Lipinski definition) is 6. The number of nitrogens with zero attached hydrogens (tertiary/aromatic N) is 5. The lowest BCUT2D eigenvalue weighted by Gasteiger charge is -2.38. The Balaban J connectivity index is 1.46. The summed E-state index contributed by atoms with van der Waals surface area (Å²) in [7, 11) is 1.54. The van der Waals surface area contributed by atoms with E-state index >= 15 is 0 Å². The number of aliphatic hydroxyl groups is 1. The molecule has 9 nitrogen and oxygen atoms in total. The molecule has 1 fully saturated rings. The fourth-order valence-corrected chi connectivity index (χ4v) is 4.75. The third-order valence-corrected chi connectivity index (χ3v) is 6.34. The molecule has 1 aliphatic rings. The van der Waals surface area contributed by atoms with Crippen LogP contribution in [0, 0.1) is 5.92 Å². The van der Waals surface area contributed by atoms with E-state index in [2.05, 4.69) is 22.3 Å². The SMILES string of the molecule is COc1cc2nn([C@@H]3CC[C@@](C)(O)C[C@H]3C)cc2cc1C(=O)Nc1cnc2cccnn12. The number of hydrogen-bond donors (Lipinski definition) is 2. The van der Waals surface area contributed by atoms with E-state index in [0.717, 1.165) is 30.2 Å². The molecule has 1 saturated carbocycles. The summed E-state index contributed by atoms with van der Waals surface area (Å²) in [6, 6.07) is 7.39. The van der Waals surface area contributed by atoms with Gasteiger partial charge in [0.25, 0.3) is 5.91 Å². The minimum Gasteiger partial charge on any atom is -0.496 e. The zero-order valence-electron chi connectivity index (χ0n) is 18.3. The van der Waals surface area contributed by atoms with Gasteiger partial charge in [-0.15, -0.1) is 0 Å². The first kappa shape index (κ1) is 20.4. The minimum atomic E-state index is -0.621. The minimum absolute atomic E-state index is 0.204. The lowest BCUT2D eigenvalue weighted by Crippen LogP contribution is -2.36. The van der Waals surface area contributed by atoms with E-state index in [4.69, 9.17) is 9.84 Å². The summed E-state index contributed by atoms with van der Waals surface area (Å²) in [4.78, 5) is 17.3. The van der Waals surface area contributed by atoms with Crippen LogP contribution in [0.25, 0.3) is 16.6 Å². The van der Waals surface area contributed by atoms with Crippen molar-refractivity contribution in [3.05, 3.63) is 48.4 Å². The predicted molar refractivity (Wildman–Crippen MR) is 120 cm³/mol. The molecule has 3 aromatic heterocycles. The molecule has 9 heteroatoms. The van der Waals surface area contributed by atoms with Gasteiger partial charge in [0.1, 0.15) is 5.75 Å². The maximum Gasteiger partial charge on any atom is 0.260 e. The van der Waals surface area contributed by atoms with Gasteiger partial charge in [-0.1, -0.05) is 6.92 Å². The predicted octanol–water partition coefficient (Wildman–Crippen LogP) is 3.45. The number of nitrogens with one attached hydrogen (secondary N) is 1. The van der Waals surface area contributed by atoms with Gasteiger partial charge in [0.2, 0.25) is 0 Å². The summed E-state index contributed by atoms with van der Waals surface area (Å²) >= 11 is 0. The van der Waals surface area contributed by atoms with Crippen LogP contribution in [-0.4, -0.2) is 48.1 Å². The Morgan fingerprint density at radius 1 is 1.38 bits per heavy atom. The van der Waals surface area contributed by atoms with Gasteiger partial charge in [-0.25, -0.2) is 4.98 Å². The van der Waals surface area contributed by atoms with Crippen molar-refractivity contribution in [1.82, 2.24) is 24.4 Å². The van der Waals surface area contributed by atoms with Gasteiger partial charge in [0.15, 0.2) is 11.5 Å². The summed E-state index contributed by atoms with van der Waals surface area (Å²) in [5, 5.41) is 23.1. The first-order valence-electron chi connectivity index (χ1n) is 10.7. The molecule has 4 aromatic rings. The highest BCUT2D eigenvalue weighted by Gasteiger charge is 2.35. The molecule has 0 aliphatic heterocycles. The summed E-state index contributed by atoms with van der Waals surface area (Å²) < 4.78 is 9.05. The van der Waals surface area contributed by atoms with Crippen LogP contribution in [0.1, 0.15) is 49.5 Å². The number of imidazole rings is 1. The van der Waals surface area contributed by atoms with Gasteiger partial charge < -0.3 is 15.2 Å². The second kappa shape index (κ2) is 7.59. The van der Waals surface area contributed by atoms with Gasteiger partial charge >= 0.3 is 0 Å². The second-order valence-electron chi connectivity index (χ2n) is 8.90. The van der Waals surface area contributed by atoms with Crippen molar-refractivity contribution in [3.63, 3.8) is 0 Å². The fraction of sp³-hybridized carbons (Fsp3) is 0.391. The largest absolute Gasteiger partial charge is 0.496 e. The molecule has 3 atom stereocenters. The van der Waals surface area contributed by atoms with E-state index < -0.39 is 5.60 Å². The number of carbonyl (C=O) groups is 1. The molecule has 5 rings (SSSR count). The van der Waals surface area contributed by atoms with Gasteiger partial charge in [-0.05, 0) is 50.3 Å². The van der Waals surface area contributed by atoms with Crippen LogP contribution in [0.15, 0.2) is 42.9 Å². The zero-order valence-corrected chi connectivity index (χ0v) is 18.3. The van der Waals surface area contributed by atoms with E-state index in [1.807, 2.05) is 23.9 Å². The number of ether oxygens (including phenoxy) is 1. The molecule has 32 heavy (non-hydrogen) atoms. The highest BCUT2D eigenvalue weighted by molar-refractivity contribution is 6.08. The van der Waals surface area contributed by atoms with Crippen molar-refractivity contribution < 1.29 is 14.6 Å². The summed E-state index contributed by atoms with van der Waals surface area (Å²) in [5.74, 6) is 0.902. The van der Waals surface area contributed by atoms with Gasteiger partial charge in [0, 0.05) is 23.8 Å². The number of benzene rings is 1. The normalized spacial score (nSPS) is 23.5. The Bertz CT molecular complexity index is 1310. The quantitative estimate of drug-likeness (QED) is 0.510. The van der Waals surface area contributed by atoms with Crippen LogP contribution in [0.5, 0.6) is 5.75 Å². The molecule has 0 bridgehead atoms. The summed E-state index contributed by atoms with van der Waals surface area (Å²) in [6.45, 7) is 4.04. The molecular weight excluding hydrogens is 408 g/mol. The Morgan fingerprint density at radius 2 is 2.22 bits per heavy atom. The Kier molecular flexibility index (Phi) is 4.85. The summed E-state index contributed by atoms with van der Waals surface area (Å²) in [6.07, 6.45) is 7.51. The maximum absolute atomic E-state index is 13.1. The summed E-state index contributed by atoms with van der Waals surface area (Å²) in [5.41, 5.74) is 1.19. The molecule has 0 spiro atoms. The van der Waals surface area contributed by atoms with Crippen molar-refractivity contribution in [3.8, 4) is 5.75 Å². The number of amides is 1. The highest BCUT2D eigenvalue weighted by atomic mass is 16.5. The van der Waals surface area contributed by atoms with E-state index in [1.54, 1.807) is 35.1 Å². The lowest BCUT2D eigenvalue weighted by atomic mass is 9.77. The molecular formula is C23H26N6O3. The van der Waals surface area contributed by atoms with Crippen LogP contribution in [0.3, 0.4) is 0 Å². The number of anilines is 1. The van der Waals surface area contributed by atoms with E-state index in [1.165, 1.54) is 7.11 Å². The molecule has 2 N–H and O–H groups in total. The van der Waals surface area contributed by atoms with E-state index in [-0.39, 0.29) is 11.9 Å². The number of carbonyl (C=O) groups excluding carboxylic acids is 1. The molecule has 1 aromatic carbocycles. The van der Waals surface area contributed by atoms with E-state index in [0.29, 0.717) is 28.7 Å². The van der Waals surface area contributed by atoms with Crippen molar-refractivity contribution >= 4 is 28.3 Å². The molecule has 1 aliphatic carbocycles. The third-order valence-electron chi connectivity index (χ3n) is 6.34. The first-order valence-corrected chi connectivity index (χ1v) is 10.7. The van der Waals surface area contributed by atoms with Crippen molar-refractivity contribution in [2.24, 2.45) is 5.92 Å². The van der Waals surface area contributed by atoms with Crippen molar-refractivity contribution in [2.75, 3.05) is 12.4 Å². The molecule has 3 heterocycles. The Morgan fingerprint density at radius 3 is 3.00 bits per heavy atom. The second-order valence-corrected chi connectivity index (χ2v) is 8.90. The van der Waals surface area contributed by atoms with Gasteiger partial charge in [0.05, 0.1) is 36.0 Å². The number of rotatable bonds is 4. The number of aromatic nitrogens is 5. The van der Waals surface area contributed by atoms with Crippen LogP contribution < -0.4 is 10.1 Å². The molecule has 1 amide bonds. The topological polar surface area (TPSA) is 107 Å². The zero-order chi connectivity index (χ0) is 22.5. The van der Waals surface area contributed by atoms with Crippen molar-refractivity contribution in [2.45, 2.75) is 44.8 Å². The third kappa shape index (κ3) is 3.58. The van der Waals surface area contributed by atoms with Crippen LogP contribution in [-0.2, 0) is 0 Å². The molecule has 0 radical (unpaired) electrons. The molecule has 0 saturated heterocycles. The standard InChI is InChI=1S/C23H26N6O3/c1-14-11-23(2,31)7-6-18(14)28-13-15-9-16(19(32-3)10-17(15)27-28)22(30)26-21-12-24-20-5-4-8-25-29(20)21/h4-5,8-10,12-14,18,31H,6-7,11H2,1-3H3,(H,26,30)/t14-,18-,23-/m1/s1. The van der Waals surface area contributed by atoms with Crippen LogP contribution in [0.4, 0.5) is 5.82 Å². The van der Waals surface area contributed by atoms with Gasteiger partial charge in [-0.2, -0.15) is 14.7 Å². The number of methoxy groups -OCH3 is 1. The van der Waals surface area contributed by atoms with E-state index in [9.17, 15) is 9.90 Å². The molecule has 166 valence electrons. The lowest BCUT2D eigenvalue weighted by molar-refractivity contribution is -0.0145. The van der Waals surface area contributed by atoms with Crippen molar-refractivity contribution in [1.29, 1.82) is 0 Å². The smallest absolute Gasteiger partial charge is 0.260 e. The number of fused-ring (bicyclic) bond motifs is 2. The van der Waals surface area contributed by atoms with Gasteiger partial charge in [-0.3, -0.25) is 9.48 Å². The Labute approximate surface area is 185 Å². The van der Waals surface area contributed by atoms with Crippen LogP contribution >= 0.6 is 0 Å².